The van der Waals surface area contributed by atoms with Gasteiger partial charge < -0.3 is 21.1 Å². The third-order valence-corrected chi connectivity index (χ3v) is 3.12. The molecule has 4 N–H and O–H groups in total. The van der Waals surface area contributed by atoms with E-state index in [1.54, 1.807) is 24.3 Å². The van der Waals surface area contributed by atoms with E-state index < -0.39 is 23.9 Å². The summed E-state index contributed by atoms with van der Waals surface area (Å²) in [4.78, 5) is 34.2. The molecule has 2 rings (SSSR count). The number of benzene rings is 1. The van der Waals surface area contributed by atoms with Crippen LogP contribution >= 0.6 is 0 Å². The van der Waals surface area contributed by atoms with Crippen LogP contribution in [0.25, 0.3) is 0 Å². The minimum Gasteiger partial charge on any atom is -0.480 e. The Kier molecular flexibility index (Phi) is 4.76. The second-order valence-corrected chi connectivity index (χ2v) is 4.89. The average Bonchev–Trinajstić information content (AvgIpc) is 3.28. The minimum absolute atomic E-state index is 0.00425. The number of rotatable bonds is 6. The van der Waals surface area contributed by atoms with Crippen LogP contribution in [0.2, 0.25) is 0 Å². The van der Waals surface area contributed by atoms with Crippen molar-refractivity contribution in [2.75, 3.05) is 11.9 Å². The fourth-order valence-corrected chi connectivity index (χ4v) is 1.89. The van der Waals surface area contributed by atoms with Crippen molar-refractivity contribution in [3.8, 4) is 0 Å². The van der Waals surface area contributed by atoms with E-state index in [9.17, 15) is 14.4 Å². The quantitative estimate of drug-likeness (QED) is 0.621. The van der Waals surface area contributed by atoms with Gasteiger partial charge in [-0.3, -0.25) is 4.79 Å². The molecule has 7 nitrogen and oxygen atoms in total. The van der Waals surface area contributed by atoms with Crippen molar-refractivity contribution in [3.05, 3.63) is 30.3 Å². The summed E-state index contributed by atoms with van der Waals surface area (Å²) in [5, 5.41) is 16.3. The second kappa shape index (κ2) is 6.74. The van der Waals surface area contributed by atoms with Gasteiger partial charge in [-0.05, 0) is 30.9 Å². The molecule has 0 bridgehead atoms. The molecular formula is C14H17N3O4. The molecule has 21 heavy (non-hydrogen) atoms. The lowest BCUT2D eigenvalue weighted by Crippen LogP contribution is -2.47. The Morgan fingerprint density at radius 3 is 2.43 bits per heavy atom. The molecular weight excluding hydrogens is 274 g/mol. The Morgan fingerprint density at radius 2 is 1.86 bits per heavy atom. The lowest BCUT2D eigenvalue weighted by Gasteiger charge is -2.14. The molecule has 0 aromatic heterocycles. The van der Waals surface area contributed by atoms with Crippen molar-refractivity contribution >= 4 is 23.6 Å². The molecule has 0 radical (unpaired) electrons. The number of carbonyl (C=O) groups is 3. The van der Waals surface area contributed by atoms with Crippen LogP contribution in [-0.2, 0) is 9.59 Å². The third-order valence-electron chi connectivity index (χ3n) is 3.12. The van der Waals surface area contributed by atoms with Crippen molar-refractivity contribution in [2.24, 2.45) is 5.92 Å². The summed E-state index contributed by atoms with van der Waals surface area (Å²) in [5.74, 6) is -1.55. The molecule has 112 valence electrons. The maximum atomic E-state index is 11.6. The molecule has 1 aromatic carbocycles. The summed E-state index contributed by atoms with van der Waals surface area (Å²) in [7, 11) is 0. The topological polar surface area (TPSA) is 108 Å². The van der Waals surface area contributed by atoms with Gasteiger partial charge in [-0.25, -0.2) is 9.59 Å². The first-order valence-corrected chi connectivity index (χ1v) is 6.68. The zero-order valence-corrected chi connectivity index (χ0v) is 11.3. The highest BCUT2D eigenvalue weighted by Gasteiger charge is 2.37. The smallest absolute Gasteiger partial charge is 0.326 e. The highest BCUT2D eigenvalue weighted by atomic mass is 16.4. The number of aliphatic carboxylic acids is 1. The predicted molar refractivity (Wildman–Crippen MR) is 75.8 cm³/mol. The first kappa shape index (κ1) is 14.8. The molecule has 1 unspecified atom stereocenters. The fourth-order valence-electron chi connectivity index (χ4n) is 1.89. The van der Waals surface area contributed by atoms with Crippen LogP contribution in [0.1, 0.15) is 12.8 Å². The molecule has 3 amide bonds. The van der Waals surface area contributed by atoms with Crippen LogP contribution in [0.3, 0.4) is 0 Å². The van der Waals surface area contributed by atoms with Gasteiger partial charge in [0.05, 0.1) is 6.54 Å². The zero-order chi connectivity index (χ0) is 15.2. The number of amides is 3. The largest absolute Gasteiger partial charge is 0.480 e. The standard InChI is InChI=1S/C14H17N3O4/c18-11(17-12(13(19)20)9-6-7-9)8-15-14(21)16-10-4-2-1-3-5-10/h1-5,9,12H,6-8H2,(H,17,18)(H,19,20)(H2,15,16,21). The molecule has 7 heteroatoms. The molecule has 1 saturated carbocycles. The van der Waals surface area contributed by atoms with Gasteiger partial charge in [-0.1, -0.05) is 18.2 Å². The second-order valence-electron chi connectivity index (χ2n) is 4.89. The van der Waals surface area contributed by atoms with Gasteiger partial charge in [0.2, 0.25) is 5.91 Å². The highest BCUT2D eigenvalue weighted by molar-refractivity contribution is 5.93. The maximum Gasteiger partial charge on any atom is 0.326 e. The van der Waals surface area contributed by atoms with Crippen LogP contribution in [0.4, 0.5) is 10.5 Å². The summed E-state index contributed by atoms with van der Waals surface area (Å²) >= 11 is 0. The molecule has 0 heterocycles. The predicted octanol–water partition coefficient (Wildman–Crippen LogP) is 0.787. The van der Waals surface area contributed by atoms with Gasteiger partial charge in [0.15, 0.2) is 0 Å². The van der Waals surface area contributed by atoms with Gasteiger partial charge in [-0.15, -0.1) is 0 Å². The molecule has 0 saturated heterocycles. The van der Waals surface area contributed by atoms with Gasteiger partial charge in [0, 0.05) is 5.69 Å². The zero-order valence-electron chi connectivity index (χ0n) is 11.3. The van der Waals surface area contributed by atoms with Crippen molar-refractivity contribution in [1.29, 1.82) is 0 Å². The lowest BCUT2D eigenvalue weighted by molar-refractivity contribution is -0.142. The van der Waals surface area contributed by atoms with Crippen molar-refractivity contribution in [1.82, 2.24) is 10.6 Å². The van der Waals surface area contributed by atoms with Crippen LogP contribution in [-0.4, -0.2) is 35.6 Å². The Labute approximate surface area is 121 Å². The van der Waals surface area contributed by atoms with E-state index in [-0.39, 0.29) is 12.5 Å². The first-order valence-electron chi connectivity index (χ1n) is 6.68. The third kappa shape index (κ3) is 4.79. The summed E-state index contributed by atoms with van der Waals surface area (Å²) in [6, 6.07) is 7.41. The average molecular weight is 291 g/mol. The van der Waals surface area contributed by atoms with Crippen molar-refractivity contribution < 1.29 is 19.5 Å². The summed E-state index contributed by atoms with van der Waals surface area (Å²) in [6.07, 6.45) is 1.61. The van der Waals surface area contributed by atoms with Crippen LogP contribution in [0.5, 0.6) is 0 Å². The molecule has 1 fully saturated rings. The molecule has 0 spiro atoms. The van der Waals surface area contributed by atoms with E-state index in [0.29, 0.717) is 5.69 Å². The van der Waals surface area contributed by atoms with Gasteiger partial charge in [-0.2, -0.15) is 0 Å². The normalized spacial score (nSPS) is 14.9. The van der Waals surface area contributed by atoms with Gasteiger partial charge in [0.25, 0.3) is 0 Å². The molecule has 1 aliphatic rings. The lowest BCUT2D eigenvalue weighted by atomic mass is 10.2. The Morgan fingerprint density at radius 1 is 1.19 bits per heavy atom. The summed E-state index contributed by atoms with van der Waals surface area (Å²) in [5.41, 5.74) is 0.608. The SMILES string of the molecule is O=C(CNC(=O)Nc1ccccc1)NC(C(=O)O)C1CC1. The van der Waals surface area contributed by atoms with E-state index in [2.05, 4.69) is 16.0 Å². The highest BCUT2D eigenvalue weighted by Crippen LogP contribution is 2.32. The van der Waals surface area contributed by atoms with E-state index in [4.69, 9.17) is 5.11 Å². The number of carboxylic acid groups (broad SMARTS) is 1. The first-order chi connectivity index (χ1) is 10.1. The van der Waals surface area contributed by atoms with E-state index in [0.717, 1.165) is 12.8 Å². The van der Waals surface area contributed by atoms with E-state index >= 15 is 0 Å². The number of carbonyl (C=O) groups excluding carboxylic acids is 2. The Balaban J connectivity index is 1.73. The monoisotopic (exact) mass is 291 g/mol. The maximum absolute atomic E-state index is 11.6. The number of carboxylic acids is 1. The van der Waals surface area contributed by atoms with Crippen LogP contribution in [0, 0.1) is 5.92 Å². The number of nitrogens with one attached hydrogen (secondary N) is 3. The fraction of sp³-hybridized carbons (Fsp3) is 0.357. The van der Waals surface area contributed by atoms with Crippen LogP contribution < -0.4 is 16.0 Å². The minimum atomic E-state index is -1.04. The van der Waals surface area contributed by atoms with Crippen molar-refractivity contribution in [2.45, 2.75) is 18.9 Å². The summed E-state index contributed by atoms with van der Waals surface area (Å²) < 4.78 is 0. The molecule has 1 aromatic rings. The van der Waals surface area contributed by atoms with E-state index in [1.807, 2.05) is 6.07 Å². The van der Waals surface area contributed by atoms with Gasteiger partial charge >= 0.3 is 12.0 Å². The summed E-state index contributed by atoms with van der Waals surface area (Å²) in [6.45, 7) is -0.269. The number of hydrogen-bond donors (Lipinski definition) is 4. The number of anilines is 1. The Hall–Kier alpha value is -2.57. The number of hydrogen-bond acceptors (Lipinski definition) is 3. The van der Waals surface area contributed by atoms with E-state index in [1.165, 1.54) is 0 Å². The van der Waals surface area contributed by atoms with Gasteiger partial charge in [0.1, 0.15) is 6.04 Å². The molecule has 1 atom stereocenters. The molecule has 1 aliphatic carbocycles. The number of para-hydroxylation sites is 1. The van der Waals surface area contributed by atoms with Crippen molar-refractivity contribution in [3.63, 3.8) is 0 Å². The Bertz CT molecular complexity index is 528. The molecule has 0 aliphatic heterocycles. The van der Waals surface area contributed by atoms with Crippen LogP contribution in [0.15, 0.2) is 30.3 Å². The number of urea groups is 1.